The zero-order chi connectivity index (χ0) is 13.1. The Hall–Kier alpha value is -0.670. The van der Waals surface area contributed by atoms with Gasteiger partial charge in [0, 0.05) is 22.4 Å². The molecule has 3 rings (SSSR count). The van der Waals surface area contributed by atoms with E-state index in [9.17, 15) is 0 Å². The second-order valence-electron chi connectivity index (χ2n) is 5.66. The monoisotopic (exact) mass is 277 g/mol. The van der Waals surface area contributed by atoms with E-state index >= 15 is 0 Å². The van der Waals surface area contributed by atoms with Gasteiger partial charge < -0.3 is 10.1 Å². The first-order valence-electron chi connectivity index (χ1n) is 7.46. The average Bonchev–Trinajstić information content (AvgIpc) is 3.05. The van der Waals surface area contributed by atoms with E-state index in [1.165, 1.54) is 36.3 Å². The van der Waals surface area contributed by atoms with Crippen LogP contribution in [-0.4, -0.2) is 24.0 Å². The molecule has 1 aliphatic carbocycles. The van der Waals surface area contributed by atoms with Crippen molar-refractivity contribution in [2.24, 2.45) is 0 Å². The summed E-state index contributed by atoms with van der Waals surface area (Å²) in [6, 6.07) is 9.40. The highest BCUT2D eigenvalue weighted by Gasteiger charge is 2.23. The molecule has 1 aromatic rings. The van der Waals surface area contributed by atoms with Crippen molar-refractivity contribution in [1.29, 1.82) is 0 Å². The molecule has 1 aromatic carbocycles. The van der Waals surface area contributed by atoms with Crippen molar-refractivity contribution in [3.8, 4) is 0 Å². The molecular weight excluding hydrogens is 254 g/mol. The average molecular weight is 277 g/mol. The molecule has 1 saturated carbocycles. The first kappa shape index (κ1) is 13.3. The van der Waals surface area contributed by atoms with Gasteiger partial charge >= 0.3 is 0 Å². The number of rotatable bonds is 4. The van der Waals surface area contributed by atoms with Crippen molar-refractivity contribution < 1.29 is 4.74 Å². The summed E-state index contributed by atoms with van der Waals surface area (Å²) in [4.78, 5) is 1.41. The van der Waals surface area contributed by atoms with Gasteiger partial charge in [0.1, 0.15) is 0 Å². The molecule has 2 fully saturated rings. The fourth-order valence-electron chi connectivity index (χ4n) is 2.96. The molecule has 0 aromatic heterocycles. The van der Waals surface area contributed by atoms with Gasteiger partial charge in [-0.1, -0.05) is 12.8 Å². The molecule has 2 aliphatic rings. The smallest absolute Gasteiger partial charge is 0.0748 e. The highest BCUT2D eigenvalue weighted by Crippen LogP contribution is 2.35. The predicted molar refractivity (Wildman–Crippen MR) is 82.0 cm³/mol. The number of hydrogen-bond donors (Lipinski definition) is 1. The Kier molecular flexibility index (Phi) is 4.34. The molecule has 1 N–H and O–H groups in total. The minimum absolute atomic E-state index is 0.326. The summed E-state index contributed by atoms with van der Waals surface area (Å²) in [6.45, 7) is 3.03. The first-order chi connectivity index (χ1) is 9.31. The molecule has 1 saturated heterocycles. The summed E-state index contributed by atoms with van der Waals surface area (Å²) in [5, 5.41) is 4.43. The normalized spacial score (nSPS) is 27.8. The number of anilines is 1. The van der Waals surface area contributed by atoms with E-state index in [1.54, 1.807) is 0 Å². The standard InChI is InChI=1S/C16H23NOS/c1-12-16(10-11-18-12)17-13-6-8-15(9-7-13)19-14-4-2-3-5-14/h6-9,12,14,16-17H,2-5,10-11H2,1H3. The third-order valence-electron chi connectivity index (χ3n) is 4.19. The van der Waals surface area contributed by atoms with Crippen molar-refractivity contribution >= 4 is 17.4 Å². The van der Waals surface area contributed by atoms with Crippen molar-refractivity contribution in [3.05, 3.63) is 24.3 Å². The predicted octanol–water partition coefficient (Wildman–Crippen LogP) is 4.31. The van der Waals surface area contributed by atoms with Crippen LogP contribution in [0.5, 0.6) is 0 Å². The quantitative estimate of drug-likeness (QED) is 0.886. The Morgan fingerprint density at radius 2 is 1.84 bits per heavy atom. The van der Waals surface area contributed by atoms with Crippen molar-refractivity contribution in [1.82, 2.24) is 0 Å². The maximum absolute atomic E-state index is 5.58. The summed E-state index contributed by atoms with van der Waals surface area (Å²) < 4.78 is 5.58. The fourth-order valence-corrected chi connectivity index (χ4v) is 4.21. The molecule has 0 spiro atoms. The van der Waals surface area contributed by atoms with Crippen molar-refractivity contribution in [3.63, 3.8) is 0 Å². The van der Waals surface area contributed by atoms with Crippen LogP contribution < -0.4 is 5.32 Å². The highest BCUT2D eigenvalue weighted by atomic mass is 32.2. The summed E-state index contributed by atoms with van der Waals surface area (Å²) in [5.41, 5.74) is 1.22. The molecule has 19 heavy (non-hydrogen) atoms. The van der Waals surface area contributed by atoms with E-state index in [1.807, 2.05) is 0 Å². The van der Waals surface area contributed by atoms with Crippen LogP contribution in [0.2, 0.25) is 0 Å². The second kappa shape index (κ2) is 6.19. The van der Waals surface area contributed by atoms with E-state index in [0.29, 0.717) is 12.1 Å². The van der Waals surface area contributed by atoms with E-state index in [4.69, 9.17) is 4.74 Å². The third-order valence-corrected chi connectivity index (χ3v) is 5.54. The van der Waals surface area contributed by atoms with Gasteiger partial charge in [0.15, 0.2) is 0 Å². The molecular formula is C16H23NOS. The Bertz CT molecular complexity index is 400. The van der Waals surface area contributed by atoms with Crippen LogP contribution in [0.15, 0.2) is 29.2 Å². The van der Waals surface area contributed by atoms with Gasteiger partial charge in [-0.05, 0) is 50.5 Å². The highest BCUT2D eigenvalue weighted by molar-refractivity contribution is 8.00. The second-order valence-corrected chi connectivity index (χ2v) is 7.04. The van der Waals surface area contributed by atoms with E-state index in [2.05, 4.69) is 48.3 Å². The summed E-state index contributed by atoms with van der Waals surface area (Å²) in [5.74, 6) is 0. The third kappa shape index (κ3) is 3.46. The lowest BCUT2D eigenvalue weighted by Gasteiger charge is -2.17. The molecule has 1 heterocycles. The van der Waals surface area contributed by atoms with Gasteiger partial charge in [0.25, 0.3) is 0 Å². The van der Waals surface area contributed by atoms with Crippen molar-refractivity contribution in [2.75, 3.05) is 11.9 Å². The molecule has 0 bridgehead atoms. The van der Waals surface area contributed by atoms with Crippen LogP contribution in [0, 0.1) is 0 Å². The Balaban J connectivity index is 1.55. The van der Waals surface area contributed by atoms with E-state index in [0.717, 1.165) is 18.3 Å². The zero-order valence-electron chi connectivity index (χ0n) is 11.6. The maximum atomic E-state index is 5.58. The lowest BCUT2D eigenvalue weighted by Crippen LogP contribution is -2.26. The zero-order valence-corrected chi connectivity index (χ0v) is 12.4. The molecule has 0 radical (unpaired) electrons. The number of hydrogen-bond acceptors (Lipinski definition) is 3. The van der Waals surface area contributed by atoms with Gasteiger partial charge in [-0.2, -0.15) is 0 Å². The van der Waals surface area contributed by atoms with Crippen LogP contribution in [0.1, 0.15) is 39.0 Å². The maximum Gasteiger partial charge on any atom is 0.0748 e. The van der Waals surface area contributed by atoms with Gasteiger partial charge in [-0.15, -0.1) is 11.8 Å². The molecule has 3 heteroatoms. The molecule has 2 nitrogen and oxygen atoms in total. The molecule has 2 atom stereocenters. The SMILES string of the molecule is CC1OCCC1Nc1ccc(SC2CCCC2)cc1. The van der Waals surface area contributed by atoms with Crippen LogP contribution in [0.25, 0.3) is 0 Å². The minimum atomic E-state index is 0.326. The van der Waals surface area contributed by atoms with Crippen LogP contribution in [-0.2, 0) is 4.74 Å². The van der Waals surface area contributed by atoms with Gasteiger partial charge in [0.2, 0.25) is 0 Å². The summed E-state index contributed by atoms with van der Waals surface area (Å²) in [6.07, 6.45) is 7.05. The molecule has 0 amide bonds. The summed E-state index contributed by atoms with van der Waals surface area (Å²) >= 11 is 2.05. The van der Waals surface area contributed by atoms with Gasteiger partial charge in [0.05, 0.1) is 12.1 Å². The number of ether oxygens (including phenoxy) is 1. The molecule has 2 unspecified atom stereocenters. The van der Waals surface area contributed by atoms with E-state index < -0.39 is 0 Å². The topological polar surface area (TPSA) is 21.3 Å². The van der Waals surface area contributed by atoms with Gasteiger partial charge in [-0.3, -0.25) is 0 Å². The Morgan fingerprint density at radius 1 is 1.11 bits per heavy atom. The Morgan fingerprint density at radius 3 is 2.47 bits per heavy atom. The van der Waals surface area contributed by atoms with Crippen molar-refractivity contribution in [2.45, 2.75) is 61.3 Å². The number of nitrogens with one attached hydrogen (secondary N) is 1. The molecule has 1 aliphatic heterocycles. The Labute approximate surface area is 120 Å². The minimum Gasteiger partial charge on any atom is -0.380 e. The lowest BCUT2D eigenvalue weighted by atomic mass is 10.1. The lowest BCUT2D eigenvalue weighted by molar-refractivity contribution is 0.121. The number of benzene rings is 1. The summed E-state index contributed by atoms with van der Waals surface area (Å²) in [7, 11) is 0. The molecule has 104 valence electrons. The number of thioether (sulfide) groups is 1. The van der Waals surface area contributed by atoms with Crippen LogP contribution in [0.3, 0.4) is 0 Å². The van der Waals surface area contributed by atoms with Crippen LogP contribution >= 0.6 is 11.8 Å². The van der Waals surface area contributed by atoms with E-state index in [-0.39, 0.29) is 0 Å². The largest absolute Gasteiger partial charge is 0.380 e. The first-order valence-corrected chi connectivity index (χ1v) is 8.34. The fraction of sp³-hybridized carbons (Fsp3) is 0.625. The van der Waals surface area contributed by atoms with Crippen LogP contribution in [0.4, 0.5) is 5.69 Å². The van der Waals surface area contributed by atoms with Gasteiger partial charge in [-0.25, -0.2) is 0 Å².